The van der Waals surface area contributed by atoms with Gasteiger partial charge in [0.2, 0.25) is 5.91 Å². The van der Waals surface area contributed by atoms with E-state index in [-0.39, 0.29) is 5.91 Å². The molecule has 0 aliphatic rings. The van der Waals surface area contributed by atoms with E-state index in [9.17, 15) is 4.79 Å². The number of carbonyl (C=O) groups is 1. The Morgan fingerprint density at radius 2 is 1.89 bits per heavy atom. The molecule has 0 aliphatic carbocycles. The molecule has 6 nitrogen and oxygen atoms in total. The number of nitrogens with zero attached hydrogens (tertiary/aromatic N) is 5. The Bertz CT molecular complexity index is 925. The number of thiophene rings is 1. The predicted octanol–water partition coefficient (Wildman–Crippen LogP) is 3.55. The molecule has 3 heterocycles. The molecule has 0 spiro atoms. The summed E-state index contributed by atoms with van der Waals surface area (Å²) >= 11 is 1.67. The second kappa shape index (κ2) is 8.00. The van der Waals surface area contributed by atoms with Crippen molar-refractivity contribution in [3.05, 3.63) is 56.8 Å². The fourth-order valence-corrected chi connectivity index (χ4v) is 3.88. The first-order chi connectivity index (χ1) is 12.9. The lowest BCUT2D eigenvalue weighted by atomic mass is 10.1. The number of aryl methyl sites for hydroxylation is 3. The van der Waals surface area contributed by atoms with Crippen LogP contribution >= 0.6 is 11.3 Å². The Kier molecular flexibility index (Phi) is 5.70. The average molecular weight is 384 g/mol. The summed E-state index contributed by atoms with van der Waals surface area (Å²) in [7, 11) is 0. The Morgan fingerprint density at radius 1 is 1.19 bits per heavy atom. The molecular formula is C20H25N5OS. The summed E-state index contributed by atoms with van der Waals surface area (Å²) in [6.07, 6.45) is 0.335. The first kappa shape index (κ1) is 19.2. The van der Waals surface area contributed by atoms with Gasteiger partial charge in [0, 0.05) is 34.1 Å². The molecule has 1 amide bonds. The van der Waals surface area contributed by atoms with Gasteiger partial charge in [-0.3, -0.25) is 4.79 Å². The molecule has 0 N–H and O–H groups in total. The smallest absolute Gasteiger partial charge is 0.251 e. The van der Waals surface area contributed by atoms with E-state index in [4.69, 9.17) is 0 Å². The molecule has 3 aromatic rings. The molecule has 0 radical (unpaired) electrons. The molecule has 3 rings (SSSR count). The molecule has 0 bridgehead atoms. The van der Waals surface area contributed by atoms with Crippen molar-refractivity contribution in [3.8, 4) is 5.95 Å². The monoisotopic (exact) mass is 383 g/mol. The van der Waals surface area contributed by atoms with Crippen molar-refractivity contribution in [1.29, 1.82) is 0 Å². The van der Waals surface area contributed by atoms with Crippen LogP contribution in [0.5, 0.6) is 0 Å². The summed E-state index contributed by atoms with van der Waals surface area (Å²) in [6, 6.07) is 6.01. The minimum absolute atomic E-state index is 0.109. The van der Waals surface area contributed by atoms with Crippen molar-refractivity contribution < 1.29 is 4.79 Å². The van der Waals surface area contributed by atoms with E-state index in [1.807, 2.05) is 57.0 Å². The van der Waals surface area contributed by atoms with E-state index >= 15 is 0 Å². The Labute approximate surface area is 163 Å². The molecule has 0 aliphatic heterocycles. The van der Waals surface area contributed by atoms with Gasteiger partial charge < -0.3 is 4.90 Å². The number of carbonyl (C=O) groups excluding carboxylic acids is 1. The Morgan fingerprint density at radius 3 is 2.48 bits per heavy atom. The lowest BCUT2D eigenvalue weighted by Gasteiger charge is -2.20. The summed E-state index contributed by atoms with van der Waals surface area (Å²) in [6.45, 7) is 11.1. The molecular weight excluding hydrogens is 358 g/mol. The standard InChI is InChI=1S/C20H25N5OS/c1-6-24(12-17-8-7-9-27-17)19(26)11-18-15(4)23-25(16(18)5)20-21-13(2)10-14(3)22-20/h7-10H,6,11-12H2,1-5H3. The third kappa shape index (κ3) is 4.24. The Balaban J connectivity index is 1.84. The molecule has 0 saturated heterocycles. The zero-order valence-electron chi connectivity index (χ0n) is 16.5. The number of amides is 1. The highest BCUT2D eigenvalue weighted by Gasteiger charge is 2.20. The van der Waals surface area contributed by atoms with Crippen molar-refractivity contribution in [1.82, 2.24) is 24.6 Å². The second-order valence-electron chi connectivity index (χ2n) is 6.68. The number of hydrogen-bond donors (Lipinski definition) is 0. The lowest BCUT2D eigenvalue weighted by Crippen LogP contribution is -2.31. The van der Waals surface area contributed by atoms with Crippen LogP contribution in [0.1, 0.15) is 40.1 Å². The molecule has 0 atom stereocenters. The molecule has 0 fully saturated rings. The van der Waals surface area contributed by atoms with Gasteiger partial charge >= 0.3 is 0 Å². The minimum atomic E-state index is 0.109. The van der Waals surface area contributed by atoms with E-state index in [1.54, 1.807) is 16.0 Å². The molecule has 7 heteroatoms. The summed E-state index contributed by atoms with van der Waals surface area (Å²) in [5.74, 6) is 0.663. The van der Waals surface area contributed by atoms with Crippen molar-refractivity contribution in [2.24, 2.45) is 0 Å². The van der Waals surface area contributed by atoms with Gasteiger partial charge in [-0.25, -0.2) is 14.6 Å². The van der Waals surface area contributed by atoms with E-state index in [1.165, 1.54) is 4.88 Å². The van der Waals surface area contributed by atoms with Gasteiger partial charge in [0.05, 0.1) is 18.7 Å². The molecule has 27 heavy (non-hydrogen) atoms. The normalized spacial score (nSPS) is 11.0. The van der Waals surface area contributed by atoms with Crippen molar-refractivity contribution in [3.63, 3.8) is 0 Å². The van der Waals surface area contributed by atoms with Crippen LogP contribution in [-0.4, -0.2) is 37.1 Å². The molecule has 0 saturated carbocycles. The Hall–Kier alpha value is -2.54. The van der Waals surface area contributed by atoms with Crippen molar-refractivity contribution in [2.45, 2.75) is 47.6 Å². The zero-order valence-corrected chi connectivity index (χ0v) is 17.3. The molecule has 0 aromatic carbocycles. The number of likely N-dealkylation sites (N-methyl/N-ethyl adjacent to an activating group) is 1. The summed E-state index contributed by atoms with van der Waals surface area (Å²) in [5, 5.41) is 6.64. The van der Waals surface area contributed by atoms with Crippen LogP contribution in [0.15, 0.2) is 23.6 Å². The lowest BCUT2D eigenvalue weighted by molar-refractivity contribution is -0.130. The van der Waals surface area contributed by atoms with E-state index in [2.05, 4.69) is 21.1 Å². The highest BCUT2D eigenvalue weighted by atomic mass is 32.1. The SMILES string of the molecule is CCN(Cc1cccs1)C(=O)Cc1c(C)nn(-c2nc(C)cc(C)n2)c1C. The van der Waals surface area contributed by atoms with Gasteiger partial charge in [-0.05, 0) is 52.1 Å². The van der Waals surface area contributed by atoms with Gasteiger partial charge in [0.1, 0.15) is 0 Å². The highest BCUT2D eigenvalue weighted by molar-refractivity contribution is 7.09. The second-order valence-corrected chi connectivity index (χ2v) is 7.71. The van der Waals surface area contributed by atoms with Crippen molar-refractivity contribution in [2.75, 3.05) is 6.54 Å². The first-order valence-electron chi connectivity index (χ1n) is 9.07. The number of aromatic nitrogens is 4. The van der Waals surface area contributed by atoms with Gasteiger partial charge in [0.15, 0.2) is 0 Å². The topological polar surface area (TPSA) is 63.9 Å². The predicted molar refractivity (Wildman–Crippen MR) is 107 cm³/mol. The first-order valence-corrected chi connectivity index (χ1v) is 9.95. The van der Waals surface area contributed by atoms with E-state index in [0.717, 1.165) is 28.3 Å². The summed E-state index contributed by atoms with van der Waals surface area (Å²) in [4.78, 5) is 25.0. The summed E-state index contributed by atoms with van der Waals surface area (Å²) < 4.78 is 1.74. The molecule has 0 unspecified atom stereocenters. The van der Waals surface area contributed by atoms with Gasteiger partial charge in [-0.2, -0.15) is 5.10 Å². The van der Waals surface area contributed by atoms with E-state index < -0.39 is 0 Å². The number of hydrogen-bond acceptors (Lipinski definition) is 5. The molecule has 142 valence electrons. The van der Waals surface area contributed by atoms with Gasteiger partial charge in [0.25, 0.3) is 5.95 Å². The van der Waals surface area contributed by atoms with Crippen LogP contribution in [0.3, 0.4) is 0 Å². The van der Waals surface area contributed by atoms with Crippen LogP contribution in [0.25, 0.3) is 5.95 Å². The van der Waals surface area contributed by atoms with Crippen LogP contribution in [0, 0.1) is 27.7 Å². The fraction of sp³-hybridized carbons (Fsp3) is 0.400. The van der Waals surface area contributed by atoms with Gasteiger partial charge in [-0.15, -0.1) is 11.3 Å². The highest BCUT2D eigenvalue weighted by Crippen LogP contribution is 2.19. The largest absolute Gasteiger partial charge is 0.338 e. The zero-order chi connectivity index (χ0) is 19.6. The minimum Gasteiger partial charge on any atom is -0.338 e. The molecule has 3 aromatic heterocycles. The average Bonchev–Trinajstić information content (AvgIpc) is 3.22. The quantitative estimate of drug-likeness (QED) is 0.653. The maximum absolute atomic E-state index is 12.9. The third-order valence-electron chi connectivity index (χ3n) is 4.59. The van der Waals surface area contributed by atoms with Crippen LogP contribution in [0.4, 0.5) is 0 Å². The number of rotatable bonds is 6. The third-order valence-corrected chi connectivity index (χ3v) is 5.45. The van der Waals surface area contributed by atoms with E-state index in [0.29, 0.717) is 25.5 Å². The van der Waals surface area contributed by atoms with Crippen molar-refractivity contribution >= 4 is 17.2 Å². The van der Waals surface area contributed by atoms with Gasteiger partial charge in [-0.1, -0.05) is 6.07 Å². The van der Waals surface area contributed by atoms with Crippen LogP contribution in [0.2, 0.25) is 0 Å². The van der Waals surface area contributed by atoms with Crippen LogP contribution in [-0.2, 0) is 17.8 Å². The summed E-state index contributed by atoms with van der Waals surface area (Å²) in [5.41, 5.74) is 4.51. The fourth-order valence-electron chi connectivity index (χ4n) is 3.16. The van der Waals surface area contributed by atoms with Crippen LogP contribution < -0.4 is 0 Å². The maximum atomic E-state index is 12.9. The maximum Gasteiger partial charge on any atom is 0.251 e.